The summed E-state index contributed by atoms with van der Waals surface area (Å²) in [6.45, 7) is -0.316. The molecule has 0 radical (unpaired) electrons. The van der Waals surface area contributed by atoms with Gasteiger partial charge >= 0.3 is 0 Å². The van der Waals surface area contributed by atoms with E-state index in [0.717, 1.165) is 19.5 Å². The maximum absolute atomic E-state index is 12.3. The second-order valence-corrected chi connectivity index (χ2v) is 7.74. The minimum absolute atomic E-state index is 0.316. The number of rotatable bonds is 4. The quantitative estimate of drug-likeness (QED) is 0.553. The Kier molecular flexibility index (Phi) is 4.21. The molecule has 130 valence electrons. The molecule has 1 N–H and O–H groups in total. The number of thiazole rings is 1. The average molecular weight is 383 g/mol. The number of aromatic nitrogens is 1. The van der Waals surface area contributed by atoms with Gasteiger partial charge in [-0.2, -0.15) is 0 Å². The first-order valence-corrected chi connectivity index (χ1v) is 9.80. The zero-order valence-corrected chi connectivity index (χ0v) is 15.3. The van der Waals surface area contributed by atoms with Crippen LogP contribution >= 0.6 is 23.1 Å². The minimum atomic E-state index is -0.441. The van der Waals surface area contributed by atoms with E-state index in [9.17, 15) is 14.4 Å². The molecule has 6 nitrogen and oxygen atoms in total. The molecule has 1 aliphatic rings. The highest BCUT2D eigenvalue weighted by atomic mass is 32.2. The third-order valence-corrected chi connectivity index (χ3v) is 6.01. The number of nitrogens with zero attached hydrogens (tertiary/aromatic N) is 2. The molecule has 0 saturated carbocycles. The van der Waals surface area contributed by atoms with E-state index in [1.54, 1.807) is 53.4 Å². The first-order chi connectivity index (χ1) is 12.6. The van der Waals surface area contributed by atoms with Gasteiger partial charge in [-0.1, -0.05) is 23.9 Å². The van der Waals surface area contributed by atoms with Crippen LogP contribution < -0.4 is 5.32 Å². The lowest BCUT2D eigenvalue weighted by atomic mass is 10.1. The van der Waals surface area contributed by atoms with Crippen LogP contribution in [-0.4, -0.2) is 40.4 Å². The molecular weight excluding hydrogens is 370 g/mol. The van der Waals surface area contributed by atoms with Gasteiger partial charge in [0.2, 0.25) is 5.91 Å². The zero-order chi connectivity index (χ0) is 18.3. The van der Waals surface area contributed by atoms with Crippen molar-refractivity contribution in [1.82, 2.24) is 9.88 Å². The van der Waals surface area contributed by atoms with Crippen molar-refractivity contribution in [2.45, 2.75) is 4.34 Å². The maximum Gasteiger partial charge on any atom is 0.262 e. The molecule has 0 bridgehead atoms. The van der Waals surface area contributed by atoms with Crippen molar-refractivity contribution in [3.8, 4) is 0 Å². The summed E-state index contributed by atoms with van der Waals surface area (Å²) >= 11 is 3.11. The highest BCUT2D eigenvalue weighted by molar-refractivity contribution is 8.00. The second kappa shape index (κ2) is 6.54. The van der Waals surface area contributed by atoms with Crippen molar-refractivity contribution in [3.63, 3.8) is 0 Å². The molecule has 0 saturated heterocycles. The van der Waals surface area contributed by atoms with E-state index < -0.39 is 17.7 Å². The molecule has 0 unspecified atom stereocenters. The molecule has 2 heterocycles. The molecule has 0 atom stereocenters. The van der Waals surface area contributed by atoms with E-state index in [1.165, 1.54) is 0 Å². The molecule has 4 rings (SSSR count). The Morgan fingerprint density at radius 1 is 1.15 bits per heavy atom. The summed E-state index contributed by atoms with van der Waals surface area (Å²) in [6, 6.07) is 12.0. The predicted octanol–water partition coefficient (Wildman–Crippen LogP) is 3.25. The Morgan fingerprint density at radius 3 is 2.50 bits per heavy atom. The number of carbonyl (C=O) groups is 3. The third kappa shape index (κ3) is 2.87. The fourth-order valence-corrected chi connectivity index (χ4v) is 4.32. The van der Waals surface area contributed by atoms with E-state index in [0.29, 0.717) is 16.8 Å². The van der Waals surface area contributed by atoms with Crippen molar-refractivity contribution >= 4 is 56.7 Å². The SMILES string of the molecule is CSc1nc2ccc(NC(=O)CN3C(=O)c4ccccc4C3=O)cc2s1. The van der Waals surface area contributed by atoms with Crippen LogP contribution in [0.1, 0.15) is 20.7 Å². The van der Waals surface area contributed by atoms with Crippen LogP contribution in [0.15, 0.2) is 46.8 Å². The van der Waals surface area contributed by atoms with Gasteiger partial charge in [0.1, 0.15) is 6.54 Å². The maximum atomic E-state index is 12.3. The number of hydrogen-bond donors (Lipinski definition) is 1. The monoisotopic (exact) mass is 383 g/mol. The van der Waals surface area contributed by atoms with E-state index in [4.69, 9.17) is 0 Å². The van der Waals surface area contributed by atoms with Gasteiger partial charge in [-0.05, 0) is 36.6 Å². The van der Waals surface area contributed by atoms with E-state index in [-0.39, 0.29) is 6.54 Å². The predicted molar refractivity (Wildman–Crippen MR) is 102 cm³/mol. The highest BCUT2D eigenvalue weighted by Gasteiger charge is 2.36. The zero-order valence-electron chi connectivity index (χ0n) is 13.7. The van der Waals surface area contributed by atoms with Crippen LogP contribution in [0, 0.1) is 0 Å². The number of thioether (sulfide) groups is 1. The van der Waals surface area contributed by atoms with Crippen molar-refractivity contribution in [1.29, 1.82) is 0 Å². The van der Waals surface area contributed by atoms with Crippen molar-refractivity contribution in [2.24, 2.45) is 0 Å². The summed E-state index contributed by atoms with van der Waals surface area (Å²) in [5.74, 6) is -1.31. The van der Waals surface area contributed by atoms with Crippen LogP contribution in [0.5, 0.6) is 0 Å². The summed E-state index contributed by atoms with van der Waals surface area (Å²) in [4.78, 5) is 42.4. The highest BCUT2D eigenvalue weighted by Crippen LogP contribution is 2.30. The molecule has 26 heavy (non-hydrogen) atoms. The first kappa shape index (κ1) is 16.7. The van der Waals surface area contributed by atoms with Crippen molar-refractivity contribution in [2.75, 3.05) is 18.1 Å². The lowest BCUT2D eigenvalue weighted by Gasteiger charge is -2.13. The summed E-state index contributed by atoms with van der Waals surface area (Å²) in [5, 5.41) is 2.74. The Labute approximate surface area is 157 Å². The van der Waals surface area contributed by atoms with Crippen LogP contribution in [-0.2, 0) is 4.79 Å². The molecule has 3 aromatic rings. The fourth-order valence-electron chi connectivity index (χ4n) is 2.80. The van der Waals surface area contributed by atoms with Gasteiger partial charge in [-0.25, -0.2) is 4.98 Å². The van der Waals surface area contributed by atoms with Crippen molar-refractivity contribution in [3.05, 3.63) is 53.6 Å². The van der Waals surface area contributed by atoms with E-state index in [1.807, 2.05) is 18.4 Å². The lowest BCUT2D eigenvalue weighted by molar-refractivity contribution is -0.116. The second-order valence-electron chi connectivity index (χ2n) is 5.66. The smallest absolute Gasteiger partial charge is 0.262 e. The van der Waals surface area contributed by atoms with Gasteiger partial charge < -0.3 is 5.32 Å². The minimum Gasteiger partial charge on any atom is -0.324 e. The van der Waals surface area contributed by atoms with Gasteiger partial charge in [-0.3, -0.25) is 19.3 Å². The van der Waals surface area contributed by atoms with Crippen molar-refractivity contribution < 1.29 is 14.4 Å². The molecule has 1 aliphatic heterocycles. The van der Waals surface area contributed by atoms with Gasteiger partial charge in [-0.15, -0.1) is 11.3 Å². The largest absolute Gasteiger partial charge is 0.324 e. The topological polar surface area (TPSA) is 79.4 Å². The van der Waals surface area contributed by atoms with Gasteiger partial charge in [0.15, 0.2) is 4.34 Å². The van der Waals surface area contributed by atoms with Crippen LogP contribution in [0.2, 0.25) is 0 Å². The number of imide groups is 1. The summed E-state index contributed by atoms with van der Waals surface area (Å²) in [7, 11) is 0. The molecule has 2 aromatic carbocycles. The standard InChI is InChI=1S/C18H13N3O3S2/c1-25-18-20-13-7-6-10(8-14(13)26-18)19-15(22)9-21-16(23)11-4-2-3-5-12(11)17(21)24/h2-8H,9H2,1H3,(H,19,22). The van der Waals surface area contributed by atoms with E-state index >= 15 is 0 Å². The normalized spacial score (nSPS) is 13.3. The van der Waals surface area contributed by atoms with Gasteiger partial charge in [0, 0.05) is 5.69 Å². The van der Waals surface area contributed by atoms with Crippen LogP contribution in [0.25, 0.3) is 10.2 Å². The van der Waals surface area contributed by atoms with Crippen LogP contribution in [0.3, 0.4) is 0 Å². The molecule has 8 heteroatoms. The summed E-state index contributed by atoms with van der Waals surface area (Å²) in [6.07, 6.45) is 1.96. The number of nitrogens with one attached hydrogen (secondary N) is 1. The summed E-state index contributed by atoms with van der Waals surface area (Å²) < 4.78 is 1.92. The first-order valence-electron chi connectivity index (χ1n) is 7.76. The number of fused-ring (bicyclic) bond motifs is 2. The Bertz CT molecular complexity index is 1030. The third-order valence-electron chi connectivity index (χ3n) is 4.01. The number of anilines is 1. The molecule has 0 aliphatic carbocycles. The van der Waals surface area contributed by atoms with Gasteiger partial charge in [0.05, 0.1) is 21.3 Å². The Hall–Kier alpha value is -2.71. The number of benzene rings is 2. The van der Waals surface area contributed by atoms with Gasteiger partial charge in [0.25, 0.3) is 11.8 Å². The fraction of sp³-hybridized carbons (Fsp3) is 0.111. The number of carbonyl (C=O) groups excluding carboxylic acids is 3. The lowest BCUT2D eigenvalue weighted by Crippen LogP contribution is -2.37. The number of hydrogen-bond acceptors (Lipinski definition) is 6. The average Bonchev–Trinajstić information content (AvgIpc) is 3.16. The van der Waals surface area contributed by atoms with E-state index in [2.05, 4.69) is 10.3 Å². The molecular formula is C18H13N3O3S2. The molecule has 0 fully saturated rings. The number of amides is 3. The molecule has 0 spiro atoms. The summed E-state index contributed by atoms with van der Waals surface area (Å²) in [5.41, 5.74) is 2.15. The van der Waals surface area contributed by atoms with Crippen LogP contribution in [0.4, 0.5) is 5.69 Å². The Balaban J connectivity index is 1.49. The Morgan fingerprint density at radius 2 is 1.85 bits per heavy atom. The molecule has 3 amide bonds. The molecule has 1 aromatic heterocycles.